The molecule has 0 aliphatic rings. The fourth-order valence-corrected chi connectivity index (χ4v) is 1.81. The van der Waals surface area contributed by atoms with Gasteiger partial charge in [-0.15, -0.1) is 0 Å². The van der Waals surface area contributed by atoms with Crippen molar-refractivity contribution in [1.82, 2.24) is 9.71 Å². The number of hydrogen-bond donors (Lipinski definition) is 2. The molecule has 0 spiro atoms. The maximum atomic E-state index is 11.2. The fraction of sp³-hybridized carbons (Fsp3) is 0.286. The number of aryl methyl sites for hydroxylation is 1. The molecular weight excluding hydrogens is 270 g/mol. The van der Waals surface area contributed by atoms with Crippen LogP contribution in [0.5, 0.6) is 0 Å². The van der Waals surface area contributed by atoms with Crippen LogP contribution < -0.4 is 9.44 Å². The lowest BCUT2D eigenvalue weighted by molar-refractivity contribution is 0.593. The number of rotatable bonds is 3. The first kappa shape index (κ1) is 11.4. The van der Waals surface area contributed by atoms with Crippen LogP contribution in [0, 0.1) is 6.92 Å². The second-order valence-corrected chi connectivity index (χ2v) is 5.03. The summed E-state index contributed by atoms with van der Waals surface area (Å²) in [5.74, 6) is 0. The number of halogens is 1. The van der Waals surface area contributed by atoms with Gasteiger partial charge in [-0.3, -0.25) is 4.72 Å². The highest BCUT2D eigenvalue weighted by molar-refractivity contribution is 9.10. The third-order valence-corrected chi connectivity index (χ3v) is 3.15. The van der Waals surface area contributed by atoms with E-state index in [1.165, 1.54) is 7.05 Å². The molecule has 0 saturated carbocycles. The van der Waals surface area contributed by atoms with Crippen LogP contribution >= 0.6 is 15.9 Å². The lowest BCUT2D eigenvalue weighted by atomic mass is 10.3. The van der Waals surface area contributed by atoms with Crippen LogP contribution in [-0.4, -0.2) is 20.4 Å². The van der Waals surface area contributed by atoms with Crippen LogP contribution in [-0.2, 0) is 10.2 Å². The molecule has 0 amide bonds. The molecule has 0 bridgehead atoms. The van der Waals surface area contributed by atoms with Crippen molar-refractivity contribution in [1.29, 1.82) is 0 Å². The highest BCUT2D eigenvalue weighted by atomic mass is 79.9. The molecule has 0 aliphatic heterocycles. The Kier molecular flexibility index (Phi) is 3.46. The largest absolute Gasteiger partial charge is 0.298 e. The summed E-state index contributed by atoms with van der Waals surface area (Å²) < 4.78 is 27.3. The number of nitrogens with zero attached hydrogens (tertiary/aromatic N) is 1. The first-order valence-corrected chi connectivity index (χ1v) is 6.05. The van der Waals surface area contributed by atoms with E-state index in [9.17, 15) is 8.42 Å². The van der Waals surface area contributed by atoms with E-state index in [0.717, 1.165) is 5.56 Å². The standard InChI is InChI=1S/C7H10BrN3O2S/c1-5-3-6(7(8)10-4-5)11-14(12,13)9-2/h3-4,9,11H,1-2H3. The first-order chi connectivity index (χ1) is 6.44. The summed E-state index contributed by atoms with van der Waals surface area (Å²) in [6.07, 6.45) is 1.64. The summed E-state index contributed by atoms with van der Waals surface area (Å²) in [6, 6.07) is 1.69. The lowest BCUT2D eigenvalue weighted by Crippen LogP contribution is -2.26. The van der Waals surface area contributed by atoms with Gasteiger partial charge in [-0.2, -0.15) is 8.42 Å². The van der Waals surface area contributed by atoms with Gasteiger partial charge >= 0.3 is 0 Å². The van der Waals surface area contributed by atoms with E-state index < -0.39 is 10.2 Å². The van der Waals surface area contributed by atoms with Crippen molar-refractivity contribution in [2.24, 2.45) is 0 Å². The quantitative estimate of drug-likeness (QED) is 0.812. The molecule has 1 heterocycles. The van der Waals surface area contributed by atoms with Crippen LogP contribution in [0.4, 0.5) is 5.69 Å². The van der Waals surface area contributed by atoms with Crippen molar-refractivity contribution >= 4 is 31.8 Å². The molecular formula is C7H10BrN3O2S. The highest BCUT2D eigenvalue weighted by Gasteiger charge is 2.09. The van der Waals surface area contributed by atoms with E-state index in [0.29, 0.717) is 10.3 Å². The lowest BCUT2D eigenvalue weighted by Gasteiger charge is -2.08. The zero-order valence-electron chi connectivity index (χ0n) is 7.70. The average Bonchev–Trinajstić information content (AvgIpc) is 2.11. The predicted octanol–water partition coefficient (Wildman–Crippen LogP) is 1.03. The monoisotopic (exact) mass is 279 g/mol. The first-order valence-electron chi connectivity index (χ1n) is 3.78. The van der Waals surface area contributed by atoms with Gasteiger partial charge in [-0.25, -0.2) is 9.71 Å². The fourth-order valence-electron chi connectivity index (χ4n) is 0.820. The summed E-state index contributed by atoms with van der Waals surface area (Å²) >= 11 is 3.15. The molecule has 0 aliphatic carbocycles. The van der Waals surface area contributed by atoms with Gasteiger partial charge in [0.2, 0.25) is 0 Å². The second-order valence-electron chi connectivity index (χ2n) is 2.66. The molecule has 7 heteroatoms. The molecule has 2 N–H and O–H groups in total. The molecule has 0 unspecified atom stereocenters. The Morgan fingerprint density at radius 3 is 2.71 bits per heavy atom. The van der Waals surface area contributed by atoms with Crippen LogP contribution in [0.3, 0.4) is 0 Å². The Morgan fingerprint density at radius 1 is 1.50 bits per heavy atom. The van der Waals surface area contributed by atoms with Crippen LogP contribution in [0.1, 0.15) is 5.56 Å². The third-order valence-electron chi connectivity index (χ3n) is 1.49. The normalized spacial score (nSPS) is 11.4. The van der Waals surface area contributed by atoms with Crippen LogP contribution in [0.2, 0.25) is 0 Å². The summed E-state index contributed by atoms with van der Waals surface area (Å²) in [5, 5.41) is 0. The third kappa shape index (κ3) is 2.93. The van der Waals surface area contributed by atoms with Crippen LogP contribution in [0.25, 0.3) is 0 Å². The van der Waals surface area contributed by atoms with Gasteiger partial charge < -0.3 is 0 Å². The van der Waals surface area contributed by atoms with E-state index in [1.807, 2.05) is 6.92 Å². The van der Waals surface area contributed by atoms with Crippen molar-refractivity contribution in [3.8, 4) is 0 Å². The van der Waals surface area contributed by atoms with Crippen molar-refractivity contribution in [2.45, 2.75) is 6.92 Å². The number of hydrogen-bond acceptors (Lipinski definition) is 3. The molecule has 1 aromatic rings. The van der Waals surface area contributed by atoms with Crippen molar-refractivity contribution in [3.63, 3.8) is 0 Å². The molecule has 0 fully saturated rings. The van der Waals surface area contributed by atoms with Crippen molar-refractivity contribution in [2.75, 3.05) is 11.8 Å². The Labute approximate surface area is 91.2 Å². The summed E-state index contributed by atoms with van der Waals surface area (Å²) in [4.78, 5) is 3.96. The minimum Gasteiger partial charge on any atom is -0.268 e. The number of anilines is 1. The molecule has 1 aromatic heterocycles. The second kappa shape index (κ2) is 4.24. The van der Waals surface area contributed by atoms with Gasteiger partial charge in [0.25, 0.3) is 10.2 Å². The number of pyridine rings is 1. The summed E-state index contributed by atoms with van der Waals surface area (Å²) in [5.41, 5.74) is 1.29. The van der Waals surface area contributed by atoms with E-state index in [4.69, 9.17) is 0 Å². The van der Waals surface area contributed by atoms with Crippen LogP contribution in [0.15, 0.2) is 16.9 Å². The van der Waals surface area contributed by atoms with Gasteiger partial charge in [0.1, 0.15) is 4.60 Å². The number of nitrogens with one attached hydrogen (secondary N) is 2. The topological polar surface area (TPSA) is 71.1 Å². The summed E-state index contributed by atoms with van der Waals surface area (Å²) in [7, 11) is -2.15. The zero-order valence-corrected chi connectivity index (χ0v) is 10.1. The Hall–Kier alpha value is -0.660. The predicted molar refractivity (Wildman–Crippen MR) is 58.3 cm³/mol. The molecule has 14 heavy (non-hydrogen) atoms. The average molecular weight is 280 g/mol. The van der Waals surface area contributed by atoms with E-state index in [1.54, 1.807) is 12.3 Å². The Balaban J connectivity index is 3.03. The van der Waals surface area contributed by atoms with Gasteiger partial charge in [-0.05, 0) is 34.5 Å². The maximum Gasteiger partial charge on any atom is 0.298 e. The van der Waals surface area contributed by atoms with Crippen molar-refractivity contribution in [3.05, 3.63) is 22.4 Å². The highest BCUT2D eigenvalue weighted by Crippen LogP contribution is 2.20. The number of aromatic nitrogens is 1. The van der Waals surface area contributed by atoms with Crippen molar-refractivity contribution < 1.29 is 8.42 Å². The molecule has 0 saturated heterocycles. The maximum absolute atomic E-state index is 11.2. The van der Waals surface area contributed by atoms with Gasteiger partial charge in [0.15, 0.2) is 0 Å². The molecule has 78 valence electrons. The van der Waals surface area contributed by atoms with E-state index >= 15 is 0 Å². The minimum atomic E-state index is -3.48. The summed E-state index contributed by atoms with van der Waals surface area (Å²) in [6.45, 7) is 1.83. The Bertz CT molecular complexity index is 433. The minimum absolute atomic E-state index is 0.416. The Morgan fingerprint density at radius 2 is 2.14 bits per heavy atom. The van der Waals surface area contributed by atoms with E-state index in [-0.39, 0.29) is 0 Å². The zero-order chi connectivity index (χ0) is 10.8. The molecule has 0 aromatic carbocycles. The van der Waals surface area contributed by atoms with Gasteiger partial charge in [0, 0.05) is 13.2 Å². The molecule has 0 atom stereocenters. The molecule has 5 nitrogen and oxygen atoms in total. The molecule has 1 rings (SSSR count). The van der Waals surface area contributed by atoms with E-state index in [2.05, 4.69) is 30.4 Å². The van der Waals surface area contributed by atoms with Gasteiger partial charge in [-0.1, -0.05) is 0 Å². The SMILES string of the molecule is CNS(=O)(=O)Nc1cc(C)cnc1Br. The van der Waals surface area contributed by atoms with Gasteiger partial charge in [0.05, 0.1) is 5.69 Å². The smallest absolute Gasteiger partial charge is 0.268 e. The molecule has 0 radical (unpaired) electrons.